The van der Waals surface area contributed by atoms with E-state index < -0.39 is 18.1 Å². The zero-order chi connectivity index (χ0) is 21.3. The smallest absolute Gasteiger partial charge is 0.411 e. The van der Waals surface area contributed by atoms with Gasteiger partial charge in [-0.25, -0.2) is 9.59 Å². The van der Waals surface area contributed by atoms with E-state index in [1.54, 1.807) is 12.1 Å². The number of nitrogens with two attached hydrogens (primary N) is 1. The van der Waals surface area contributed by atoms with Gasteiger partial charge in [0.25, 0.3) is 0 Å². The minimum Gasteiger partial charge on any atom is -0.479 e. The minimum atomic E-state index is -1.05. The van der Waals surface area contributed by atoms with Crippen molar-refractivity contribution in [1.82, 2.24) is 4.90 Å². The molecule has 2 aromatic carbocycles. The molecule has 3 N–H and O–H groups in total. The van der Waals surface area contributed by atoms with Gasteiger partial charge in [0.1, 0.15) is 6.61 Å². The van der Waals surface area contributed by atoms with Gasteiger partial charge in [-0.3, -0.25) is 4.90 Å². The number of fused-ring (bicyclic) bond motifs is 1. The second-order valence-corrected chi connectivity index (χ2v) is 7.82. The molecule has 1 atom stereocenters. The molecule has 0 saturated heterocycles. The van der Waals surface area contributed by atoms with Crippen molar-refractivity contribution < 1.29 is 19.4 Å². The molecule has 160 valence electrons. The third-order valence-corrected chi connectivity index (χ3v) is 5.61. The summed E-state index contributed by atoms with van der Waals surface area (Å²) >= 11 is 0. The third-order valence-electron chi connectivity index (χ3n) is 5.61. The lowest BCUT2D eigenvalue weighted by molar-refractivity contribution is -0.143. The largest absolute Gasteiger partial charge is 0.479 e. The molecule has 1 heterocycles. The van der Waals surface area contributed by atoms with Crippen molar-refractivity contribution in [2.24, 2.45) is 5.73 Å². The van der Waals surface area contributed by atoms with Gasteiger partial charge in [-0.1, -0.05) is 73.9 Å². The van der Waals surface area contributed by atoms with E-state index in [2.05, 4.69) is 0 Å². The van der Waals surface area contributed by atoms with Gasteiger partial charge in [-0.05, 0) is 36.0 Å². The van der Waals surface area contributed by atoms with E-state index in [1.165, 1.54) is 37.0 Å². The van der Waals surface area contributed by atoms with Crippen LogP contribution in [0.5, 0.6) is 0 Å². The van der Waals surface area contributed by atoms with Crippen molar-refractivity contribution >= 4 is 12.1 Å². The summed E-state index contributed by atoms with van der Waals surface area (Å²) in [7, 11) is 0. The predicted molar refractivity (Wildman–Crippen MR) is 115 cm³/mol. The third kappa shape index (κ3) is 5.83. The Morgan fingerprint density at radius 3 is 2.30 bits per heavy atom. The van der Waals surface area contributed by atoms with Crippen LogP contribution < -0.4 is 5.73 Å². The monoisotopic (exact) mass is 410 g/mol. The number of hydrogen-bond donors (Lipinski definition) is 2. The number of benzene rings is 2. The first kappa shape index (κ1) is 21.8. The van der Waals surface area contributed by atoms with Crippen molar-refractivity contribution in [2.75, 3.05) is 6.54 Å². The van der Waals surface area contributed by atoms with Crippen molar-refractivity contribution in [3.63, 3.8) is 0 Å². The Labute approximate surface area is 177 Å². The Hall–Kier alpha value is -2.86. The van der Waals surface area contributed by atoms with Gasteiger partial charge in [-0.15, -0.1) is 0 Å². The number of rotatable bonds is 3. The van der Waals surface area contributed by atoms with Crippen molar-refractivity contribution in [2.45, 2.75) is 57.2 Å². The zero-order valence-corrected chi connectivity index (χ0v) is 17.2. The highest BCUT2D eigenvalue weighted by molar-refractivity contribution is 5.82. The average Bonchev–Trinajstić information content (AvgIpc) is 2.78. The van der Waals surface area contributed by atoms with Crippen LogP contribution in [0.15, 0.2) is 54.6 Å². The van der Waals surface area contributed by atoms with Crippen LogP contribution in [0, 0.1) is 0 Å². The molecule has 2 aromatic rings. The van der Waals surface area contributed by atoms with E-state index in [-0.39, 0.29) is 6.61 Å². The minimum absolute atomic E-state index is 0.129. The Bertz CT molecular complexity index is 834. The number of carboxylic acid groups (broad SMARTS) is 1. The van der Waals surface area contributed by atoms with Gasteiger partial charge in [0, 0.05) is 12.6 Å². The topological polar surface area (TPSA) is 92.9 Å². The van der Waals surface area contributed by atoms with Gasteiger partial charge in [-0.2, -0.15) is 0 Å². The van der Waals surface area contributed by atoms with Crippen LogP contribution in [0.2, 0.25) is 0 Å². The lowest BCUT2D eigenvalue weighted by Gasteiger charge is -2.33. The quantitative estimate of drug-likeness (QED) is 0.788. The van der Waals surface area contributed by atoms with Gasteiger partial charge in [0.2, 0.25) is 0 Å². The van der Waals surface area contributed by atoms with Crippen LogP contribution in [0.25, 0.3) is 0 Å². The molecule has 6 nitrogen and oxygen atoms in total. The fourth-order valence-corrected chi connectivity index (χ4v) is 3.97. The predicted octanol–water partition coefficient (Wildman–Crippen LogP) is 4.29. The normalized spacial score (nSPS) is 18.6. The summed E-state index contributed by atoms with van der Waals surface area (Å²) in [6.45, 7) is 0.464. The molecular formula is C24H30N2O4. The molecule has 0 radical (unpaired) electrons. The van der Waals surface area contributed by atoms with Gasteiger partial charge < -0.3 is 15.6 Å². The summed E-state index contributed by atoms with van der Waals surface area (Å²) in [5, 5.41) is 9.54. The highest BCUT2D eigenvalue weighted by Crippen LogP contribution is 2.30. The van der Waals surface area contributed by atoms with E-state index in [4.69, 9.17) is 10.5 Å². The van der Waals surface area contributed by atoms with Crippen molar-refractivity contribution in [1.29, 1.82) is 0 Å². The first-order chi connectivity index (χ1) is 14.6. The standard InChI is InChI=1S/C18H17NO4.C6H13N/c20-17(21)16-15-9-5-4-8-14(15)10-11-19(16)18(22)23-12-13-6-2-1-3-7-13;7-6-4-2-1-3-5-6/h1-9,16H,10-12H2,(H,20,21);6H,1-5,7H2. The summed E-state index contributed by atoms with van der Waals surface area (Å²) in [5.74, 6) is -1.05. The van der Waals surface area contributed by atoms with Gasteiger partial charge in [0.15, 0.2) is 6.04 Å². The number of carbonyl (C=O) groups excluding carboxylic acids is 1. The maximum absolute atomic E-state index is 12.3. The number of ether oxygens (including phenoxy) is 1. The Morgan fingerprint density at radius 2 is 1.67 bits per heavy atom. The molecule has 1 unspecified atom stereocenters. The Balaban J connectivity index is 0.000000310. The number of nitrogens with zero attached hydrogens (tertiary/aromatic N) is 1. The lowest BCUT2D eigenvalue weighted by atomic mass is 9.93. The van der Waals surface area contributed by atoms with Crippen molar-refractivity contribution in [3.05, 3.63) is 71.3 Å². The van der Waals surface area contributed by atoms with Crippen LogP contribution in [0.1, 0.15) is 54.8 Å². The number of amides is 1. The van der Waals surface area contributed by atoms with Crippen molar-refractivity contribution in [3.8, 4) is 0 Å². The Kier molecular flexibility index (Phi) is 7.85. The number of aliphatic carboxylic acids is 1. The van der Waals surface area contributed by atoms with Gasteiger partial charge in [0.05, 0.1) is 0 Å². The number of carbonyl (C=O) groups is 2. The summed E-state index contributed by atoms with van der Waals surface area (Å²) in [6, 6.07) is 16.2. The maximum atomic E-state index is 12.3. The SMILES string of the molecule is NC1CCCCC1.O=C(O)C1c2ccccc2CCN1C(=O)OCc1ccccc1. The molecule has 6 heteroatoms. The van der Waals surface area contributed by atoms with Crippen LogP contribution in [0.3, 0.4) is 0 Å². The highest BCUT2D eigenvalue weighted by atomic mass is 16.6. The first-order valence-electron chi connectivity index (χ1n) is 10.6. The molecule has 1 aliphatic heterocycles. The second-order valence-electron chi connectivity index (χ2n) is 7.82. The number of carboxylic acids is 1. The summed E-state index contributed by atoms with van der Waals surface area (Å²) in [5.41, 5.74) is 8.12. The van der Waals surface area contributed by atoms with E-state index in [9.17, 15) is 14.7 Å². The molecule has 0 bridgehead atoms. The fourth-order valence-electron chi connectivity index (χ4n) is 3.97. The number of hydrogen-bond acceptors (Lipinski definition) is 4. The second kappa shape index (κ2) is 10.8. The molecule has 1 saturated carbocycles. The van der Waals surface area contributed by atoms with E-state index >= 15 is 0 Å². The lowest BCUT2D eigenvalue weighted by Crippen LogP contribution is -2.43. The van der Waals surface area contributed by atoms with Crippen LogP contribution in [-0.4, -0.2) is 34.7 Å². The van der Waals surface area contributed by atoms with Crippen LogP contribution >= 0.6 is 0 Å². The molecule has 1 amide bonds. The van der Waals surface area contributed by atoms with Gasteiger partial charge >= 0.3 is 12.1 Å². The molecule has 4 rings (SSSR count). The fraction of sp³-hybridized carbons (Fsp3) is 0.417. The summed E-state index contributed by atoms with van der Waals surface area (Å²) < 4.78 is 5.29. The molecule has 0 aromatic heterocycles. The molecular weight excluding hydrogens is 380 g/mol. The molecule has 1 aliphatic carbocycles. The summed E-state index contributed by atoms with van der Waals surface area (Å²) in [6.07, 6.45) is 6.69. The Morgan fingerprint density at radius 1 is 1.00 bits per heavy atom. The average molecular weight is 411 g/mol. The van der Waals surface area contributed by atoms with Crippen LogP contribution in [-0.2, 0) is 22.6 Å². The maximum Gasteiger partial charge on any atom is 0.411 e. The molecule has 0 spiro atoms. The molecule has 1 fully saturated rings. The van der Waals surface area contributed by atoms with Crippen LogP contribution in [0.4, 0.5) is 4.79 Å². The molecule has 30 heavy (non-hydrogen) atoms. The summed E-state index contributed by atoms with van der Waals surface area (Å²) in [4.78, 5) is 25.3. The zero-order valence-electron chi connectivity index (χ0n) is 17.2. The van der Waals surface area contributed by atoms with E-state index in [0.29, 0.717) is 24.6 Å². The molecule has 2 aliphatic rings. The highest BCUT2D eigenvalue weighted by Gasteiger charge is 2.36. The van der Waals surface area contributed by atoms with E-state index in [0.717, 1.165) is 11.1 Å². The van der Waals surface area contributed by atoms with E-state index in [1.807, 2.05) is 42.5 Å². The first-order valence-corrected chi connectivity index (χ1v) is 10.6.